The Bertz CT molecular complexity index is 1820. The van der Waals surface area contributed by atoms with Gasteiger partial charge in [0.15, 0.2) is 0 Å². The Morgan fingerprint density at radius 3 is 2.12 bits per heavy atom. The average molecular weight is 652 g/mol. The Hall–Kier alpha value is -2.19. The van der Waals surface area contributed by atoms with Crippen molar-refractivity contribution in [3.05, 3.63) is 48.5 Å². The van der Waals surface area contributed by atoms with Crippen molar-refractivity contribution >= 4 is 87.7 Å². The van der Waals surface area contributed by atoms with Crippen LogP contribution < -0.4 is 9.44 Å². The molecule has 1 aliphatic rings. The van der Waals surface area contributed by atoms with E-state index in [9.17, 15) is 34.9 Å². The van der Waals surface area contributed by atoms with Gasteiger partial charge in [-0.15, -0.1) is 5.11 Å². The van der Waals surface area contributed by atoms with Gasteiger partial charge in [0.2, 0.25) is 10.0 Å². The molecule has 1 saturated heterocycles. The van der Waals surface area contributed by atoms with E-state index in [1.54, 1.807) is 20.8 Å². The number of anilines is 1. The molecular weight excluding hydrogens is 621 g/mol. The van der Waals surface area contributed by atoms with Gasteiger partial charge in [0, 0.05) is 29.4 Å². The number of phenols is 1. The minimum absolute atomic E-state index is 0. The third-order valence-corrected chi connectivity index (χ3v) is 9.93. The summed E-state index contributed by atoms with van der Waals surface area (Å²) in [6.07, 6.45) is 0. The molecule has 4 rings (SSSR count). The summed E-state index contributed by atoms with van der Waals surface area (Å²) in [5.74, 6) is -0.624. The molecular formula is C24H30N5NaO9S3. The van der Waals surface area contributed by atoms with Crippen LogP contribution in [0.1, 0.15) is 20.8 Å². The normalized spacial score (nSPS) is 15.5. The summed E-state index contributed by atoms with van der Waals surface area (Å²) < 4.78 is 96.0. The molecule has 1 heterocycles. The molecule has 0 spiro atoms. The summed E-state index contributed by atoms with van der Waals surface area (Å²) in [7, 11) is -12.8. The van der Waals surface area contributed by atoms with E-state index in [1.807, 2.05) is 0 Å². The van der Waals surface area contributed by atoms with Crippen LogP contribution in [0.15, 0.2) is 68.6 Å². The van der Waals surface area contributed by atoms with Gasteiger partial charge in [-0.25, -0.2) is 13.1 Å². The van der Waals surface area contributed by atoms with Crippen molar-refractivity contribution in [1.29, 1.82) is 0 Å². The summed E-state index contributed by atoms with van der Waals surface area (Å²) in [5, 5.41) is 19.3. The number of fused-ring (bicyclic) bond motifs is 1. The van der Waals surface area contributed by atoms with Crippen LogP contribution in [0.3, 0.4) is 0 Å². The van der Waals surface area contributed by atoms with Crippen LogP contribution in [0.2, 0.25) is 0 Å². The average Bonchev–Trinajstić information content (AvgIpc) is 2.87. The van der Waals surface area contributed by atoms with Gasteiger partial charge in [-0.2, -0.15) is 26.3 Å². The monoisotopic (exact) mass is 651 g/mol. The molecule has 224 valence electrons. The Kier molecular flexibility index (Phi) is 10.5. The SMILES string of the molecule is CC(C)(C)NS(=O)(=O)c1cc(/N=N/c2ccc(S(=O)(=O)O)cc2)c2c(NS(=O)(=O)N3CCOCC3)cccc2c1O.[NaH]. The van der Waals surface area contributed by atoms with Gasteiger partial charge in [-0.3, -0.25) is 9.27 Å². The van der Waals surface area contributed by atoms with Gasteiger partial charge in [0.25, 0.3) is 10.1 Å². The number of aromatic hydroxyl groups is 1. The summed E-state index contributed by atoms with van der Waals surface area (Å²) in [5.41, 5.74) is -0.854. The third kappa shape index (κ3) is 8.04. The van der Waals surface area contributed by atoms with E-state index < -0.39 is 46.5 Å². The molecule has 1 aliphatic heterocycles. The molecule has 0 unspecified atom stereocenters. The number of sulfonamides is 1. The van der Waals surface area contributed by atoms with Crippen LogP contribution in [-0.2, 0) is 35.1 Å². The van der Waals surface area contributed by atoms with E-state index in [1.165, 1.54) is 34.6 Å². The van der Waals surface area contributed by atoms with Crippen molar-refractivity contribution < 1.29 is 39.6 Å². The second kappa shape index (κ2) is 12.8. The summed E-state index contributed by atoms with van der Waals surface area (Å²) >= 11 is 0. The topological polar surface area (TPSA) is 204 Å². The number of benzene rings is 3. The molecule has 3 aromatic rings. The first-order chi connectivity index (χ1) is 19.0. The molecule has 0 bridgehead atoms. The number of nitrogens with one attached hydrogen (secondary N) is 2. The summed E-state index contributed by atoms with van der Waals surface area (Å²) in [6.45, 7) is 5.55. The van der Waals surface area contributed by atoms with E-state index in [-0.39, 0.29) is 88.6 Å². The molecule has 0 aromatic heterocycles. The number of hydrogen-bond acceptors (Lipinski definition) is 10. The quantitative estimate of drug-likeness (QED) is 0.160. The second-order valence-corrected chi connectivity index (χ2v) is 14.9. The Morgan fingerprint density at radius 1 is 0.929 bits per heavy atom. The van der Waals surface area contributed by atoms with E-state index in [0.717, 1.165) is 18.2 Å². The van der Waals surface area contributed by atoms with E-state index in [2.05, 4.69) is 19.7 Å². The fourth-order valence-corrected chi connectivity index (χ4v) is 7.27. The molecule has 0 aliphatic carbocycles. The zero-order chi connectivity index (χ0) is 30.2. The predicted octanol–water partition coefficient (Wildman–Crippen LogP) is 2.62. The first-order valence-corrected chi connectivity index (χ1v) is 16.5. The predicted molar refractivity (Wildman–Crippen MR) is 158 cm³/mol. The molecule has 0 amide bonds. The van der Waals surface area contributed by atoms with Gasteiger partial charge in [0.1, 0.15) is 10.6 Å². The minimum atomic E-state index is -4.44. The van der Waals surface area contributed by atoms with Gasteiger partial charge in [0.05, 0.1) is 35.2 Å². The zero-order valence-corrected chi connectivity index (χ0v) is 24.7. The first kappa shape index (κ1) is 34.3. The van der Waals surface area contributed by atoms with Crippen molar-refractivity contribution in [1.82, 2.24) is 9.03 Å². The van der Waals surface area contributed by atoms with Gasteiger partial charge < -0.3 is 9.84 Å². The molecule has 0 radical (unpaired) electrons. The Morgan fingerprint density at radius 2 is 1.55 bits per heavy atom. The summed E-state index contributed by atoms with van der Waals surface area (Å²) in [6, 6.07) is 10.1. The molecule has 4 N–H and O–H groups in total. The standard InChI is InChI=1S/C24H29N5O9S3.Na.H/c1-24(2,3)28-39(31,32)21-15-20(26-25-16-7-9-17(10-8-16)40(33,34)35)22-18(23(21)30)5-4-6-19(22)27-41(36,37)29-11-13-38-14-12-29;;/h4-10,15,27-28,30H,11-14H2,1-3H3,(H,33,34,35);;/b26-25+;;. The number of phenolic OH excluding ortho intramolecular Hbond substituents is 1. The van der Waals surface area contributed by atoms with E-state index in [4.69, 9.17) is 4.74 Å². The van der Waals surface area contributed by atoms with Crippen LogP contribution in [0.5, 0.6) is 5.75 Å². The molecule has 0 saturated carbocycles. The number of rotatable bonds is 8. The van der Waals surface area contributed by atoms with Gasteiger partial charge in [-0.1, -0.05) is 12.1 Å². The van der Waals surface area contributed by atoms with Crippen LogP contribution in [0.25, 0.3) is 10.8 Å². The van der Waals surface area contributed by atoms with Crippen LogP contribution in [0, 0.1) is 0 Å². The number of morpholine rings is 1. The van der Waals surface area contributed by atoms with Crippen molar-refractivity contribution in [3.8, 4) is 5.75 Å². The number of hydrogen-bond donors (Lipinski definition) is 4. The van der Waals surface area contributed by atoms with Crippen molar-refractivity contribution in [2.45, 2.75) is 36.1 Å². The molecule has 3 aromatic carbocycles. The second-order valence-electron chi connectivity index (χ2n) is 10.1. The van der Waals surface area contributed by atoms with Crippen LogP contribution in [0.4, 0.5) is 17.1 Å². The molecule has 1 fully saturated rings. The fraction of sp³-hybridized carbons (Fsp3) is 0.333. The maximum absolute atomic E-state index is 13.2. The van der Waals surface area contributed by atoms with Crippen LogP contribution >= 0.6 is 0 Å². The molecule has 14 nitrogen and oxygen atoms in total. The molecule has 18 heteroatoms. The van der Waals surface area contributed by atoms with Gasteiger partial charge >= 0.3 is 39.8 Å². The molecule has 42 heavy (non-hydrogen) atoms. The number of nitrogens with zero attached hydrogens (tertiary/aromatic N) is 3. The number of azo groups is 1. The maximum atomic E-state index is 13.2. The van der Waals surface area contributed by atoms with E-state index >= 15 is 0 Å². The van der Waals surface area contributed by atoms with Crippen molar-refractivity contribution in [2.24, 2.45) is 10.2 Å². The van der Waals surface area contributed by atoms with Crippen LogP contribution in [-0.4, -0.2) is 101 Å². The Labute approximate surface area is 266 Å². The third-order valence-electron chi connectivity index (χ3n) is 5.76. The van der Waals surface area contributed by atoms with Crippen molar-refractivity contribution in [2.75, 3.05) is 31.0 Å². The first-order valence-electron chi connectivity index (χ1n) is 12.2. The van der Waals surface area contributed by atoms with Crippen molar-refractivity contribution in [3.63, 3.8) is 0 Å². The zero-order valence-electron chi connectivity index (χ0n) is 22.3. The molecule has 0 atom stereocenters. The summed E-state index contributed by atoms with van der Waals surface area (Å²) in [4.78, 5) is -0.878. The fourth-order valence-electron chi connectivity index (χ4n) is 4.04. The van der Waals surface area contributed by atoms with Gasteiger partial charge in [-0.05, 0) is 57.2 Å². The number of ether oxygens (including phenoxy) is 1. The Balaban J connectivity index is 0.00000484. The van der Waals surface area contributed by atoms with E-state index in [0.29, 0.717) is 0 Å².